The largest absolute Gasteiger partial charge is 0.573 e. The topological polar surface area (TPSA) is 73.2 Å². The fraction of sp³-hybridized carbons (Fsp3) is 0.438. The van der Waals surface area contributed by atoms with Gasteiger partial charge < -0.3 is 4.74 Å². The number of ether oxygens (including phenoxy) is 1. The third-order valence-electron chi connectivity index (χ3n) is 3.47. The molecule has 26 heavy (non-hydrogen) atoms. The van der Waals surface area contributed by atoms with Gasteiger partial charge in [0.15, 0.2) is 0 Å². The Labute approximate surface area is 150 Å². The zero-order valence-electron chi connectivity index (χ0n) is 15.0. The van der Waals surface area contributed by atoms with Gasteiger partial charge in [0, 0.05) is 5.69 Å². The molecular weight excluding hydrogens is 371 g/mol. The van der Waals surface area contributed by atoms with E-state index in [2.05, 4.69) is 14.6 Å². The number of hydrogen-bond acceptors (Lipinski definition) is 4. The number of nitrogens with zero attached hydrogens (tertiary/aromatic N) is 2. The van der Waals surface area contributed by atoms with Crippen molar-refractivity contribution in [3.63, 3.8) is 0 Å². The third-order valence-corrected chi connectivity index (χ3v) is 5.10. The van der Waals surface area contributed by atoms with Crippen LogP contribution >= 0.6 is 0 Å². The summed E-state index contributed by atoms with van der Waals surface area (Å²) in [5.41, 5.74) is 0.516. The Hall–Kier alpha value is -2.23. The molecule has 1 aromatic heterocycles. The van der Waals surface area contributed by atoms with E-state index in [1.807, 2.05) is 20.8 Å². The predicted octanol–water partition coefficient (Wildman–Crippen LogP) is 3.95. The maximum Gasteiger partial charge on any atom is 0.573 e. The average Bonchev–Trinajstić information content (AvgIpc) is 2.75. The van der Waals surface area contributed by atoms with Crippen LogP contribution in [-0.2, 0) is 15.6 Å². The molecule has 0 aliphatic carbocycles. The van der Waals surface area contributed by atoms with Gasteiger partial charge in [-0.25, -0.2) is 8.42 Å². The molecule has 0 aliphatic rings. The van der Waals surface area contributed by atoms with Crippen LogP contribution in [0.15, 0.2) is 29.2 Å². The molecule has 0 bridgehead atoms. The molecular formula is C16H20F3N3O3S. The highest BCUT2D eigenvalue weighted by Crippen LogP contribution is 2.28. The molecule has 0 fully saturated rings. The smallest absolute Gasteiger partial charge is 0.406 e. The number of aryl methyl sites for hydroxylation is 1. The van der Waals surface area contributed by atoms with Gasteiger partial charge in [0.1, 0.15) is 10.6 Å². The SMILES string of the molecule is Cc1nn(C(C)(C)C)c(C)c1S(=O)(=O)Nc1ccc(OC(F)(F)F)cc1. The number of nitrogens with one attached hydrogen (secondary N) is 1. The maximum absolute atomic E-state index is 12.7. The van der Waals surface area contributed by atoms with E-state index in [4.69, 9.17) is 0 Å². The first-order valence-electron chi connectivity index (χ1n) is 7.66. The zero-order chi connectivity index (χ0) is 19.9. The van der Waals surface area contributed by atoms with Crippen molar-refractivity contribution in [1.82, 2.24) is 9.78 Å². The monoisotopic (exact) mass is 391 g/mol. The molecule has 1 N–H and O–H groups in total. The minimum absolute atomic E-state index is 0.0445. The highest BCUT2D eigenvalue weighted by molar-refractivity contribution is 7.92. The van der Waals surface area contributed by atoms with Gasteiger partial charge in [-0.05, 0) is 58.9 Å². The number of halogens is 3. The van der Waals surface area contributed by atoms with Crippen LogP contribution in [0.25, 0.3) is 0 Å². The first-order chi connectivity index (χ1) is 11.7. The summed E-state index contributed by atoms with van der Waals surface area (Å²) in [6.45, 7) is 8.94. The molecule has 2 aromatic rings. The molecule has 0 unspecified atom stereocenters. The molecule has 144 valence electrons. The molecule has 0 aliphatic heterocycles. The van der Waals surface area contributed by atoms with Crippen LogP contribution in [0.2, 0.25) is 0 Å². The predicted molar refractivity (Wildman–Crippen MR) is 90.6 cm³/mol. The summed E-state index contributed by atoms with van der Waals surface area (Å²) in [5, 5.41) is 4.30. The molecule has 0 spiro atoms. The summed E-state index contributed by atoms with van der Waals surface area (Å²) >= 11 is 0. The van der Waals surface area contributed by atoms with E-state index in [-0.39, 0.29) is 10.6 Å². The van der Waals surface area contributed by atoms with Crippen molar-refractivity contribution in [2.45, 2.75) is 51.4 Å². The molecule has 6 nitrogen and oxygen atoms in total. The van der Waals surface area contributed by atoms with E-state index in [1.165, 1.54) is 12.1 Å². The number of rotatable bonds is 4. The Morgan fingerprint density at radius 2 is 1.62 bits per heavy atom. The van der Waals surface area contributed by atoms with E-state index in [0.29, 0.717) is 11.4 Å². The van der Waals surface area contributed by atoms with Crippen LogP contribution in [0.4, 0.5) is 18.9 Å². The second-order valence-electron chi connectivity index (χ2n) is 6.76. The Bertz CT molecular complexity index is 896. The van der Waals surface area contributed by atoms with Crippen molar-refractivity contribution in [3.05, 3.63) is 35.7 Å². The van der Waals surface area contributed by atoms with Crippen molar-refractivity contribution < 1.29 is 26.3 Å². The Morgan fingerprint density at radius 3 is 2.04 bits per heavy atom. The number of alkyl halides is 3. The van der Waals surface area contributed by atoms with Gasteiger partial charge >= 0.3 is 6.36 Å². The van der Waals surface area contributed by atoms with Crippen LogP contribution in [0.3, 0.4) is 0 Å². The normalized spacial score (nSPS) is 12.9. The van der Waals surface area contributed by atoms with Crippen molar-refractivity contribution in [2.24, 2.45) is 0 Å². The van der Waals surface area contributed by atoms with Gasteiger partial charge in [0.2, 0.25) is 0 Å². The third kappa shape index (κ3) is 4.48. The molecule has 1 aromatic carbocycles. The maximum atomic E-state index is 12.7. The fourth-order valence-electron chi connectivity index (χ4n) is 2.60. The molecule has 2 rings (SSSR count). The van der Waals surface area contributed by atoms with Crippen LogP contribution < -0.4 is 9.46 Å². The van der Waals surface area contributed by atoms with E-state index in [0.717, 1.165) is 12.1 Å². The summed E-state index contributed by atoms with van der Waals surface area (Å²) in [6.07, 6.45) is -4.81. The van der Waals surface area contributed by atoms with Gasteiger partial charge in [-0.3, -0.25) is 9.40 Å². The summed E-state index contributed by atoms with van der Waals surface area (Å²) in [4.78, 5) is 0.0445. The molecule has 0 amide bonds. The Kier molecular flexibility index (Phi) is 5.02. The average molecular weight is 391 g/mol. The van der Waals surface area contributed by atoms with Gasteiger partial charge in [0.05, 0.1) is 16.9 Å². The molecule has 10 heteroatoms. The minimum atomic E-state index is -4.81. The zero-order valence-corrected chi connectivity index (χ0v) is 15.8. The lowest BCUT2D eigenvalue weighted by atomic mass is 10.1. The van der Waals surface area contributed by atoms with Gasteiger partial charge in [0.25, 0.3) is 10.0 Å². The van der Waals surface area contributed by atoms with Crippen LogP contribution in [0.5, 0.6) is 5.75 Å². The van der Waals surface area contributed by atoms with Crippen molar-refractivity contribution >= 4 is 15.7 Å². The summed E-state index contributed by atoms with van der Waals surface area (Å²) in [5.74, 6) is -0.437. The molecule has 0 saturated carbocycles. The number of hydrogen-bond donors (Lipinski definition) is 1. The van der Waals surface area contributed by atoms with E-state index >= 15 is 0 Å². The van der Waals surface area contributed by atoms with Crippen LogP contribution in [-0.4, -0.2) is 24.6 Å². The second-order valence-corrected chi connectivity index (χ2v) is 8.38. The quantitative estimate of drug-likeness (QED) is 0.856. The van der Waals surface area contributed by atoms with Crippen molar-refractivity contribution in [3.8, 4) is 5.75 Å². The lowest BCUT2D eigenvalue weighted by molar-refractivity contribution is -0.274. The second kappa shape index (κ2) is 6.49. The first kappa shape index (κ1) is 20.1. The number of anilines is 1. The molecule has 0 atom stereocenters. The fourth-order valence-corrected chi connectivity index (χ4v) is 4.05. The lowest BCUT2D eigenvalue weighted by Gasteiger charge is -2.21. The standard InChI is InChI=1S/C16H20F3N3O3S/c1-10-14(11(2)22(20-10)15(3,4)5)26(23,24)21-12-6-8-13(9-7-12)25-16(17,18)19/h6-9,21H,1-5H3. The van der Waals surface area contributed by atoms with E-state index in [1.54, 1.807) is 18.5 Å². The molecule has 0 radical (unpaired) electrons. The van der Waals surface area contributed by atoms with Gasteiger partial charge in [-0.2, -0.15) is 5.10 Å². The summed E-state index contributed by atoms with van der Waals surface area (Å²) in [7, 11) is -3.96. The summed E-state index contributed by atoms with van der Waals surface area (Å²) in [6, 6.07) is 4.45. The van der Waals surface area contributed by atoms with Gasteiger partial charge in [-0.15, -0.1) is 13.2 Å². The van der Waals surface area contributed by atoms with E-state index < -0.39 is 27.7 Å². The Balaban J connectivity index is 2.31. The highest BCUT2D eigenvalue weighted by Gasteiger charge is 2.31. The van der Waals surface area contributed by atoms with Crippen molar-refractivity contribution in [2.75, 3.05) is 4.72 Å². The first-order valence-corrected chi connectivity index (χ1v) is 9.14. The number of benzene rings is 1. The molecule has 0 saturated heterocycles. The van der Waals surface area contributed by atoms with E-state index in [9.17, 15) is 21.6 Å². The van der Waals surface area contributed by atoms with Gasteiger partial charge in [-0.1, -0.05) is 0 Å². The van der Waals surface area contributed by atoms with Crippen LogP contribution in [0, 0.1) is 13.8 Å². The van der Waals surface area contributed by atoms with Crippen LogP contribution in [0.1, 0.15) is 32.2 Å². The minimum Gasteiger partial charge on any atom is -0.406 e. The summed E-state index contributed by atoms with van der Waals surface area (Å²) < 4.78 is 69.7. The number of sulfonamides is 1. The Morgan fingerprint density at radius 1 is 1.08 bits per heavy atom. The van der Waals surface area contributed by atoms with Crippen molar-refractivity contribution in [1.29, 1.82) is 0 Å². The molecule has 1 heterocycles. The lowest BCUT2D eigenvalue weighted by Crippen LogP contribution is -2.25. The highest BCUT2D eigenvalue weighted by atomic mass is 32.2. The number of aromatic nitrogens is 2.